The van der Waals surface area contributed by atoms with Gasteiger partial charge < -0.3 is 18.9 Å². The van der Waals surface area contributed by atoms with E-state index < -0.39 is 60.2 Å². The van der Waals surface area contributed by atoms with Crippen LogP contribution in [0, 0.1) is 0 Å². The molecule has 2 N–H and O–H groups in total. The number of carbonyl (C=O) groups excluding carboxylic acids is 3. The molecule has 0 amide bonds. The van der Waals surface area contributed by atoms with E-state index in [0.717, 1.165) is 0 Å². The summed E-state index contributed by atoms with van der Waals surface area (Å²) in [5, 5.41) is 4.44. The van der Waals surface area contributed by atoms with E-state index in [1.165, 1.54) is 23.0 Å². The Morgan fingerprint density at radius 1 is 0.705 bits per heavy atom. The molecule has 222 valence electrons. The second-order valence-electron chi connectivity index (χ2n) is 9.76. The van der Waals surface area contributed by atoms with Gasteiger partial charge in [-0.2, -0.15) is 0 Å². The summed E-state index contributed by atoms with van der Waals surface area (Å²) in [5.74, 6) is -2.20. The van der Waals surface area contributed by atoms with E-state index in [-0.39, 0.29) is 27.7 Å². The van der Waals surface area contributed by atoms with Crippen LogP contribution in [0.25, 0.3) is 11.0 Å². The number of hydrogen-bond acceptors (Lipinski definition) is 10. The molecule has 44 heavy (non-hydrogen) atoms. The Hall–Kier alpha value is -5.82. The quantitative estimate of drug-likeness (QED) is 0.200. The van der Waals surface area contributed by atoms with Crippen molar-refractivity contribution in [3.8, 4) is 0 Å². The average Bonchev–Trinajstić information content (AvgIpc) is 3.65. The zero-order valence-corrected chi connectivity index (χ0v) is 22.8. The third-order valence-corrected chi connectivity index (χ3v) is 6.97. The number of benzene rings is 3. The molecule has 2 aromatic heterocycles. The number of hydrogen-bond donors (Lipinski definition) is 2. The maximum absolute atomic E-state index is 13.3. The average molecular weight is 597 g/mol. The molecule has 0 radical (unpaired) electrons. The van der Waals surface area contributed by atoms with Crippen molar-refractivity contribution in [3.05, 3.63) is 135 Å². The number of carbonyl (C=O) groups is 3. The third-order valence-electron chi connectivity index (χ3n) is 6.97. The summed E-state index contributed by atoms with van der Waals surface area (Å²) in [6.45, 7) is -0.417. The van der Waals surface area contributed by atoms with Gasteiger partial charge in [-0.3, -0.25) is 24.4 Å². The molecule has 4 atom stereocenters. The first-order valence-corrected chi connectivity index (χ1v) is 13.5. The van der Waals surface area contributed by atoms with Crippen molar-refractivity contribution >= 4 is 28.9 Å². The molecule has 0 bridgehead atoms. The van der Waals surface area contributed by atoms with Crippen molar-refractivity contribution < 1.29 is 33.3 Å². The van der Waals surface area contributed by atoms with Gasteiger partial charge in [0.15, 0.2) is 24.0 Å². The molecule has 1 saturated heterocycles. The Morgan fingerprint density at radius 2 is 1.20 bits per heavy atom. The van der Waals surface area contributed by atoms with Gasteiger partial charge in [-0.15, -0.1) is 0 Å². The van der Waals surface area contributed by atoms with Gasteiger partial charge in [0.05, 0.1) is 23.0 Å². The fourth-order valence-corrected chi connectivity index (χ4v) is 4.86. The summed E-state index contributed by atoms with van der Waals surface area (Å²) in [5.41, 5.74) is -1.06. The van der Waals surface area contributed by atoms with E-state index in [4.69, 9.17) is 18.9 Å². The predicted octanol–water partition coefficient (Wildman–Crippen LogP) is 2.62. The maximum Gasteiger partial charge on any atom is 0.338 e. The van der Waals surface area contributed by atoms with Gasteiger partial charge in [0.25, 0.3) is 11.1 Å². The lowest BCUT2D eigenvalue weighted by atomic mass is 10.1. The largest absolute Gasteiger partial charge is 0.459 e. The van der Waals surface area contributed by atoms with Crippen molar-refractivity contribution in [2.24, 2.45) is 0 Å². The zero-order chi connectivity index (χ0) is 30.6. The van der Waals surface area contributed by atoms with Crippen LogP contribution in [0.4, 0.5) is 0 Å². The number of H-pyrrole nitrogens is 2. The van der Waals surface area contributed by atoms with Crippen LogP contribution in [0.2, 0.25) is 0 Å². The Labute approximate surface area is 248 Å². The number of aromatic amines is 2. The van der Waals surface area contributed by atoms with Crippen LogP contribution < -0.4 is 11.1 Å². The van der Waals surface area contributed by atoms with Gasteiger partial charge in [-0.25, -0.2) is 19.4 Å². The van der Waals surface area contributed by atoms with Crippen LogP contribution in [-0.2, 0) is 18.9 Å². The van der Waals surface area contributed by atoms with Crippen LogP contribution >= 0.6 is 0 Å². The molecule has 13 heteroatoms. The van der Waals surface area contributed by atoms with Crippen LogP contribution in [0.15, 0.2) is 107 Å². The first-order valence-electron chi connectivity index (χ1n) is 13.5. The minimum Gasteiger partial charge on any atom is -0.459 e. The van der Waals surface area contributed by atoms with Crippen LogP contribution in [0.1, 0.15) is 37.3 Å². The second kappa shape index (κ2) is 12.2. The summed E-state index contributed by atoms with van der Waals surface area (Å²) in [6.07, 6.45) is -4.04. The van der Waals surface area contributed by atoms with Gasteiger partial charge in [0, 0.05) is 0 Å². The monoisotopic (exact) mass is 596 g/mol. The molecule has 1 aliphatic heterocycles. The first-order chi connectivity index (χ1) is 21.4. The molecule has 6 rings (SSSR count). The molecular weight excluding hydrogens is 572 g/mol. The minimum absolute atomic E-state index is 0.172. The van der Waals surface area contributed by atoms with E-state index in [9.17, 15) is 24.0 Å². The summed E-state index contributed by atoms with van der Waals surface area (Å²) in [4.78, 5) is 68.6. The highest BCUT2D eigenvalue weighted by Crippen LogP contribution is 2.36. The predicted molar refractivity (Wildman–Crippen MR) is 153 cm³/mol. The Kier molecular flexibility index (Phi) is 7.84. The Balaban J connectivity index is 1.40. The van der Waals surface area contributed by atoms with E-state index >= 15 is 0 Å². The van der Waals surface area contributed by atoms with E-state index in [1.54, 1.807) is 78.9 Å². The van der Waals surface area contributed by atoms with Crippen LogP contribution in [0.3, 0.4) is 0 Å². The molecule has 13 nitrogen and oxygen atoms in total. The summed E-state index contributed by atoms with van der Waals surface area (Å²) < 4.78 is 24.7. The number of nitrogens with one attached hydrogen (secondary N) is 2. The van der Waals surface area contributed by atoms with Crippen molar-refractivity contribution in [3.63, 3.8) is 0 Å². The van der Waals surface area contributed by atoms with Gasteiger partial charge in [0.2, 0.25) is 0 Å². The van der Waals surface area contributed by atoms with Gasteiger partial charge in [-0.1, -0.05) is 54.6 Å². The highest BCUT2D eigenvalue weighted by molar-refractivity contribution is 5.91. The lowest BCUT2D eigenvalue weighted by Gasteiger charge is -2.25. The van der Waals surface area contributed by atoms with Crippen molar-refractivity contribution in [2.75, 3.05) is 6.61 Å². The molecule has 5 aromatic rings. The SMILES string of the molecule is O=C(OC[C@H]1O[C@@H](n2cnc3c(=O)[nH][nH]c(=O)c32)[C@H](OC(=O)c2ccccc2)[C@@H]1OC(=O)c1ccccc1)c1ccccc1. The molecule has 1 aliphatic rings. The van der Waals surface area contributed by atoms with Crippen LogP contribution in [-0.4, -0.2) is 62.6 Å². The smallest absolute Gasteiger partial charge is 0.338 e. The number of nitrogens with zero attached hydrogens (tertiary/aromatic N) is 2. The number of ether oxygens (including phenoxy) is 4. The molecule has 0 saturated carbocycles. The fraction of sp³-hybridized carbons (Fsp3) is 0.161. The number of rotatable bonds is 8. The lowest BCUT2D eigenvalue weighted by molar-refractivity contribution is -0.0605. The number of imidazole rings is 1. The molecule has 0 aliphatic carbocycles. The number of aromatic nitrogens is 4. The normalized spacial score (nSPS) is 19.4. The molecule has 0 spiro atoms. The molecular formula is C31H24N4O9. The minimum atomic E-state index is -1.38. The molecule has 0 unspecified atom stereocenters. The summed E-state index contributed by atoms with van der Waals surface area (Å²) in [6, 6.07) is 24.4. The summed E-state index contributed by atoms with van der Waals surface area (Å²) in [7, 11) is 0. The number of fused-ring (bicyclic) bond motifs is 1. The standard InChI is InChI=1S/C31H24N4O9/c36-26-22-23(27(37)34-33-26)35(17-32-22)28-25(44-31(40)20-14-8-3-9-15-20)24(43-30(39)19-12-6-2-7-13-19)21(42-28)16-41-29(38)18-10-4-1-5-11-18/h1-15,17,21,24-25,28H,16H2,(H,33,36)(H,34,37)/t21-,24-,25-,28-/m1/s1. The van der Waals surface area contributed by atoms with Gasteiger partial charge in [0.1, 0.15) is 18.2 Å². The van der Waals surface area contributed by atoms with Gasteiger partial charge >= 0.3 is 17.9 Å². The lowest BCUT2D eigenvalue weighted by Crippen LogP contribution is -2.41. The van der Waals surface area contributed by atoms with Crippen molar-refractivity contribution in [1.29, 1.82) is 0 Å². The maximum atomic E-state index is 13.3. The van der Waals surface area contributed by atoms with Crippen molar-refractivity contribution in [2.45, 2.75) is 24.5 Å². The van der Waals surface area contributed by atoms with Crippen molar-refractivity contribution in [1.82, 2.24) is 19.7 Å². The highest BCUT2D eigenvalue weighted by Gasteiger charge is 2.52. The Morgan fingerprint density at radius 3 is 1.77 bits per heavy atom. The van der Waals surface area contributed by atoms with E-state index in [2.05, 4.69) is 15.2 Å². The number of esters is 3. The summed E-state index contributed by atoms with van der Waals surface area (Å²) >= 11 is 0. The van der Waals surface area contributed by atoms with E-state index in [0.29, 0.717) is 0 Å². The first kappa shape index (κ1) is 28.3. The topological polar surface area (TPSA) is 172 Å². The Bertz CT molecular complexity index is 1920. The molecule has 3 heterocycles. The zero-order valence-electron chi connectivity index (χ0n) is 22.8. The fourth-order valence-electron chi connectivity index (χ4n) is 4.86. The molecule has 3 aromatic carbocycles. The highest BCUT2D eigenvalue weighted by atomic mass is 16.7. The third kappa shape index (κ3) is 5.63. The van der Waals surface area contributed by atoms with E-state index in [1.807, 2.05) is 0 Å². The second-order valence-corrected chi connectivity index (χ2v) is 9.76. The van der Waals surface area contributed by atoms with Crippen LogP contribution in [0.5, 0.6) is 0 Å². The van der Waals surface area contributed by atoms with Gasteiger partial charge in [-0.05, 0) is 36.4 Å². The molecule has 1 fully saturated rings.